The molecule has 0 amide bonds. The van der Waals surface area contributed by atoms with Crippen LogP contribution in [-0.2, 0) is 11.2 Å². The zero-order valence-electron chi connectivity index (χ0n) is 8.57. The van der Waals surface area contributed by atoms with E-state index in [1.54, 1.807) is 0 Å². The molecule has 0 atom stereocenters. The molecule has 0 saturated carbocycles. The summed E-state index contributed by atoms with van der Waals surface area (Å²) >= 11 is 0. The third-order valence-electron chi connectivity index (χ3n) is 1.96. The van der Waals surface area contributed by atoms with Gasteiger partial charge >= 0.3 is 0 Å². The molecule has 4 heteroatoms. The number of rotatable bonds is 3. The lowest BCUT2D eigenvalue weighted by Crippen LogP contribution is -2.00. The summed E-state index contributed by atoms with van der Waals surface area (Å²) in [7, 11) is 1.46. The molecule has 1 aromatic rings. The average Bonchev–Trinajstić information content (AvgIpc) is 2.17. The third kappa shape index (κ3) is 2.47. The van der Waals surface area contributed by atoms with Crippen molar-refractivity contribution in [2.75, 3.05) is 7.11 Å². The van der Waals surface area contributed by atoms with Gasteiger partial charge in [-0.15, -0.1) is 0 Å². The minimum atomic E-state index is -0.130. The first-order valence-electron chi connectivity index (χ1n) is 4.38. The number of ether oxygens (including phenoxy) is 1. The fraction of sp³-hybridized carbons (Fsp3) is 0.273. The van der Waals surface area contributed by atoms with E-state index in [2.05, 4.69) is 0 Å². The monoisotopic (exact) mass is 205 g/mol. The normalized spacial score (nSPS) is 9.40. The molecule has 0 unspecified atom stereocenters. The Kier molecular flexibility index (Phi) is 3.29. The molecule has 0 radical (unpaired) electrons. The van der Waals surface area contributed by atoms with Crippen LogP contribution >= 0.6 is 0 Å². The molecule has 1 N–H and O–H groups in total. The Bertz CT molecular complexity index is 432. The lowest BCUT2D eigenvalue weighted by molar-refractivity contribution is -0.116. The number of hydrogen-bond donors (Lipinski definition) is 1. The first kappa shape index (κ1) is 11.1. The fourth-order valence-electron chi connectivity index (χ4n) is 1.30. The predicted molar refractivity (Wildman–Crippen MR) is 53.8 cm³/mol. The van der Waals surface area contributed by atoms with Crippen LogP contribution in [-0.4, -0.2) is 18.0 Å². The van der Waals surface area contributed by atoms with E-state index in [-0.39, 0.29) is 23.5 Å². The van der Waals surface area contributed by atoms with Crippen molar-refractivity contribution in [3.63, 3.8) is 0 Å². The predicted octanol–water partition coefficient (Wildman–Crippen LogP) is 1.40. The summed E-state index contributed by atoms with van der Waals surface area (Å²) in [5, 5.41) is 18.1. The lowest BCUT2D eigenvalue weighted by atomic mass is 10.1. The molecule has 0 aliphatic rings. The number of nitriles is 1. The zero-order valence-corrected chi connectivity index (χ0v) is 8.57. The maximum Gasteiger partial charge on any atom is 0.134 e. The lowest BCUT2D eigenvalue weighted by Gasteiger charge is -2.08. The van der Waals surface area contributed by atoms with E-state index in [4.69, 9.17) is 10.00 Å². The summed E-state index contributed by atoms with van der Waals surface area (Å²) in [4.78, 5) is 10.9. The van der Waals surface area contributed by atoms with Gasteiger partial charge in [0.2, 0.25) is 0 Å². The molecule has 0 saturated heterocycles. The third-order valence-corrected chi connectivity index (χ3v) is 1.96. The smallest absolute Gasteiger partial charge is 0.134 e. The standard InChI is InChI=1S/C11H11NO3/c1-7(13)3-8-4-10(14)9(6-12)5-11(8)15-2/h4-5,14H,3H2,1-2H3. The van der Waals surface area contributed by atoms with Gasteiger partial charge in [0.1, 0.15) is 23.4 Å². The van der Waals surface area contributed by atoms with Crippen molar-refractivity contribution in [1.29, 1.82) is 5.26 Å². The van der Waals surface area contributed by atoms with E-state index in [9.17, 15) is 9.90 Å². The molecule has 0 fully saturated rings. The second-order valence-electron chi connectivity index (χ2n) is 3.17. The number of carbonyl (C=O) groups is 1. The Labute approximate surface area is 87.7 Å². The molecule has 1 aromatic carbocycles. The van der Waals surface area contributed by atoms with Gasteiger partial charge in [-0.25, -0.2) is 0 Å². The highest BCUT2D eigenvalue weighted by Crippen LogP contribution is 2.27. The van der Waals surface area contributed by atoms with Crippen molar-refractivity contribution in [3.05, 3.63) is 23.3 Å². The molecule has 78 valence electrons. The van der Waals surface area contributed by atoms with E-state index in [1.807, 2.05) is 6.07 Å². The average molecular weight is 205 g/mol. The van der Waals surface area contributed by atoms with Crippen LogP contribution in [0.2, 0.25) is 0 Å². The highest BCUT2D eigenvalue weighted by Gasteiger charge is 2.10. The van der Waals surface area contributed by atoms with Crippen LogP contribution in [0, 0.1) is 11.3 Å². The number of aromatic hydroxyl groups is 1. The van der Waals surface area contributed by atoms with Gasteiger partial charge in [0.15, 0.2) is 0 Å². The molecule has 1 rings (SSSR count). The topological polar surface area (TPSA) is 70.3 Å². The van der Waals surface area contributed by atoms with Gasteiger partial charge in [-0.1, -0.05) is 0 Å². The van der Waals surface area contributed by atoms with Gasteiger partial charge in [-0.3, -0.25) is 4.79 Å². The zero-order chi connectivity index (χ0) is 11.4. The molecule has 0 bridgehead atoms. The van der Waals surface area contributed by atoms with Crippen LogP contribution in [0.5, 0.6) is 11.5 Å². The second-order valence-corrected chi connectivity index (χ2v) is 3.17. The van der Waals surface area contributed by atoms with Crippen LogP contribution in [0.4, 0.5) is 0 Å². The van der Waals surface area contributed by atoms with Crippen molar-refractivity contribution < 1.29 is 14.6 Å². The van der Waals surface area contributed by atoms with Gasteiger partial charge in [0, 0.05) is 18.1 Å². The van der Waals surface area contributed by atoms with Crippen LogP contribution < -0.4 is 4.74 Å². The van der Waals surface area contributed by atoms with Crippen LogP contribution in [0.15, 0.2) is 12.1 Å². The van der Waals surface area contributed by atoms with Gasteiger partial charge in [0.25, 0.3) is 0 Å². The maximum absolute atomic E-state index is 10.9. The van der Waals surface area contributed by atoms with Crippen molar-refractivity contribution in [1.82, 2.24) is 0 Å². The van der Waals surface area contributed by atoms with Gasteiger partial charge in [-0.2, -0.15) is 5.26 Å². The Balaban J connectivity index is 3.22. The molecule has 0 spiro atoms. The van der Waals surface area contributed by atoms with Crippen LogP contribution in [0.3, 0.4) is 0 Å². The summed E-state index contributed by atoms with van der Waals surface area (Å²) in [6, 6.07) is 4.65. The number of phenolic OH excluding ortho intramolecular Hbond substituents is 1. The van der Waals surface area contributed by atoms with Gasteiger partial charge in [0.05, 0.1) is 12.7 Å². The second kappa shape index (κ2) is 4.47. The number of carbonyl (C=O) groups excluding carboxylic acids is 1. The summed E-state index contributed by atoms with van der Waals surface area (Å²) in [5.74, 6) is 0.284. The molecule has 0 heterocycles. The first-order valence-corrected chi connectivity index (χ1v) is 4.38. The largest absolute Gasteiger partial charge is 0.507 e. The summed E-state index contributed by atoms with van der Waals surface area (Å²) in [6.07, 6.45) is 0.183. The number of ketones is 1. The Morgan fingerprint density at radius 1 is 1.60 bits per heavy atom. The number of methoxy groups -OCH3 is 1. The maximum atomic E-state index is 10.9. The van der Waals surface area contributed by atoms with Crippen molar-refractivity contribution in [2.24, 2.45) is 0 Å². The number of phenols is 1. The SMILES string of the molecule is COc1cc(C#N)c(O)cc1CC(C)=O. The van der Waals surface area contributed by atoms with Crippen molar-refractivity contribution in [2.45, 2.75) is 13.3 Å². The number of Topliss-reactive ketones (excluding diaryl/α,β-unsaturated/α-hetero) is 1. The molecular weight excluding hydrogens is 194 g/mol. The van der Waals surface area contributed by atoms with E-state index in [1.165, 1.54) is 26.2 Å². The van der Waals surface area contributed by atoms with E-state index >= 15 is 0 Å². The summed E-state index contributed by atoms with van der Waals surface area (Å²) in [5.41, 5.74) is 0.723. The van der Waals surface area contributed by atoms with Crippen LogP contribution in [0.1, 0.15) is 18.1 Å². The first-order chi connectivity index (χ1) is 7.08. The number of nitrogens with zero attached hydrogens (tertiary/aromatic N) is 1. The summed E-state index contributed by atoms with van der Waals surface area (Å²) < 4.78 is 5.03. The molecule has 0 aromatic heterocycles. The van der Waals surface area contributed by atoms with Gasteiger partial charge in [-0.05, 0) is 13.0 Å². The number of benzene rings is 1. The quantitative estimate of drug-likeness (QED) is 0.809. The summed E-state index contributed by atoms with van der Waals surface area (Å²) in [6.45, 7) is 1.45. The van der Waals surface area contributed by atoms with E-state index in [0.29, 0.717) is 11.3 Å². The molecule has 15 heavy (non-hydrogen) atoms. The highest BCUT2D eigenvalue weighted by atomic mass is 16.5. The fourth-order valence-corrected chi connectivity index (χ4v) is 1.30. The molecule has 0 aliphatic carbocycles. The Morgan fingerprint density at radius 3 is 2.73 bits per heavy atom. The van der Waals surface area contributed by atoms with Gasteiger partial charge < -0.3 is 9.84 Å². The highest BCUT2D eigenvalue weighted by molar-refractivity contribution is 5.79. The molecule has 0 aliphatic heterocycles. The van der Waals surface area contributed by atoms with E-state index in [0.717, 1.165) is 0 Å². The Hall–Kier alpha value is -2.02. The number of hydrogen-bond acceptors (Lipinski definition) is 4. The Morgan fingerprint density at radius 2 is 2.27 bits per heavy atom. The van der Waals surface area contributed by atoms with Crippen LogP contribution in [0.25, 0.3) is 0 Å². The molecular formula is C11H11NO3. The minimum Gasteiger partial charge on any atom is -0.507 e. The van der Waals surface area contributed by atoms with E-state index < -0.39 is 0 Å². The molecule has 4 nitrogen and oxygen atoms in total. The van der Waals surface area contributed by atoms with Crippen molar-refractivity contribution >= 4 is 5.78 Å². The minimum absolute atomic E-state index is 0.0302. The van der Waals surface area contributed by atoms with Crippen molar-refractivity contribution in [3.8, 4) is 17.6 Å².